The number of hydrogen-bond acceptors (Lipinski definition) is 3. The lowest BCUT2D eigenvalue weighted by molar-refractivity contribution is -0.0329. The van der Waals surface area contributed by atoms with Gasteiger partial charge in [-0.2, -0.15) is 0 Å². The Kier molecular flexibility index (Phi) is 4.15. The third-order valence-corrected chi connectivity index (χ3v) is 2.77. The molecule has 2 N–H and O–H groups in total. The molecular weight excluding hydrogens is 188 g/mol. The van der Waals surface area contributed by atoms with Gasteiger partial charge < -0.3 is 10.5 Å². The highest BCUT2D eigenvalue weighted by molar-refractivity contribution is 4.99. The van der Waals surface area contributed by atoms with Gasteiger partial charge in [-0.15, -0.1) is 0 Å². The van der Waals surface area contributed by atoms with E-state index >= 15 is 0 Å². The average Bonchev–Trinajstić information content (AvgIpc) is 1.99. The Bertz CT molecular complexity index is 192. The lowest BCUT2D eigenvalue weighted by Crippen LogP contribution is -2.67. The summed E-state index contributed by atoms with van der Waals surface area (Å²) in [4.78, 5) is 2.38. The van der Waals surface area contributed by atoms with Crippen LogP contribution in [0.2, 0.25) is 0 Å². The van der Waals surface area contributed by atoms with E-state index in [-0.39, 0.29) is 11.1 Å². The molecule has 1 rings (SSSR count). The van der Waals surface area contributed by atoms with E-state index in [2.05, 4.69) is 32.6 Å². The fraction of sp³-hybridized carbons (Fsp3) is 1.00. The summed E-state index contributed by atoms with van der Waals surface area (Å²) in [5, 5.41) is 0. The number of nitrogens with two attached hydrogens (primary N) is 1. The number of hydrogen-bond donors (Lipinski definition) is 1. The summed E-state index contributed by atoms with van der Waals surface area (Å²) in [5.41, 5.74) is 6.25. The maximum atomic E-state index is 6.18. The van der Waals surface area contributed by atoms with Crippen molar-refractivity contribution in [2.75, 3.05) is 26.2 Å². The minimum absolute atomic E-state index is 0.0198. The first kappa shape index (κ1) is 12.9. The van der Waals surface area contributed by atoms with E-state index in [1.165, 1.54) is 6.42 Å². The zero-order chi connectivity index (χ0) is 11.5. The monoisotopic (exact) mass is 214 g/mol. The molecule has 0 aromatic heterocycles. The third-order valence-electron chi connectivity index (χ3n) is 2.77. The Morgan fingerprint density at radius 3 is 2.40 bits per heavy atom. The standard InChI is InChI=1S/C12H26N2O/c1-5-6-12(13)9-14(10-12)7-8-15-11(2,3)4/h5-10,13H2,1-4H3. The lowest BCUT2D eigenvalue weighted by Gasteiger charge is -2.48. The van der Waals surface area contributed by atoms with Gasteiger partial charge in [-0.1, -0.05) is 13.3 Å². The van der Waals surface area contributed by atoms with Crippen molar-refractivity contribution in [2.45, 2.75) is 51.7 Å². The Labute approximate surface area is 94.0 Å². The van der Waals surface area contributed by atoms with Crippen molar-refractivity contribution in [3.63, 3.8) is 0 Å². The number of nitrogens with zero attached hydrogens (tertiary/aromatic N) is 1. The molecule has 90 valence electrons. The highest BCUT2D eigenvalue weighted by Crippen LogP contribution is 2.22. The molecule has 1 aliphatic rings. The molecule has 15 heavy (non-hydrogen) atoms. The van der Waals surface area contributed by atoms with Crippen LogP contribution in [-0.4, -0.2) is 42.3 Å². The number of ether oxygens (including phenoxy) is 1. The molecule has 0 bridgehead atoms. The van der Waals surface area contributed by atoms with E-state index in [4.69, 9.17) is 10.5 Å². The first-order valence-corrected chi connectivity index (χ1v) is 6.00. The summed E-state index contributed by atoms with van der Waals surface area (Å²) in [5.74, 6) is 0. The summed E-state index contributed by atoms with van der Waals surface area (Å²) >= 11 is 0. The van der Waals surface area contributed by atoms with Gasteiger partial charge >= 0.3 is 0 Å². The third kappa shape index (κ3) is 4.49. The highest BCUT2D eigenvalue weighted by Gasteiger charge is 2.37. The molecule has 1 aliphatic heterocycles. The molecule has 0 aromatic rings. The fourth-order valence-electron chi connectivity index (χ4n) is 2.14. The predicted molar refractivity (Wildman–Crippen MR) is 64.0 cm³/mol. The van der Waals surface area contributed by atoms with E-state index in [0.717, 1.165) is 32.7 Å². The van der Waals surface area contributed by atoms with Crippen molar-refractivity contribution in [1.82, 2.24) is 4.90 Å². The van der Waals surface area contributed by atoms with Crippen LogP contribution in [0.3, 0.4) is 0 Å². The molecule has 3 heteroatoms. The summed E-state index contributed by atoms with van der Waals surface area (Å²) in [6, 6.07) is 0. The molecule has 0 spiro atoms. The number of rotatable bonds is 5. The second kappa shape index (κ2) is 4.81. The first-order valence-electron chi connectivity index (χ1n) is 6.00. The number of likely N-dealkylation sites (tertiary alicyclic amines) is 1. The first-order chi connectivity index (χ1) is 6.85. The van der Waals surface area contributed by atoms with Crippen molar-refractivity contribution < 1.29 is 4.74 Å². The van der Waals surface area contributed by atoms with Crippen molar-refractivity contribution in [3.05, 3.63) is 0 Å². The average molecular weight is 214 g/mol. The zero-order valence-corrected chi connectivity index (χ0v) is 10.7. The second-order valence-corrected chi connectivity index (χ2v) is 5.78. The van der Waals surface area contributed by atoms with Crippen LogP contribution in [0, 0.1) is 0 Å². The Morgan fingerprint density at radius 1 is 1.33 bits per heavy atom. The van der Waals surface area contributed by atoms with Gasteiger partial charge in [-0.05, 0) is 27.2 Å². The highest BCUT2D eigenvalue weighted by atomic mass is 16.5. The molecule has 0 atom stereocenters. The van der Waals surface area contributed by atoms with E-state index in [1.54, 1.807) is 0 Å². The molecule has 0 unspecified atom stereocenters. The van der Waals surface area contributed by atoms with Gasteiger partial charge in [0.1, 0.15) is 0 Å². The minimum Gasteiger partial charge on any atom is -0.375 e. The van der Waals surface area contributed by atoms with Crippen LogP contribution in [0.1, 0.15) is 40.5 Å². The van der Waals surface area contributed by atoms with Crippen LogP contribution < -0.4 is 5.73 Å². The van der Waals surface area contributed by atoms with E-state index < -0.39 is 0 Å². The SMILES string of the molecule is CCCC1(N)CN(CCOC(C)(C)C)C1. The van der Waals surface area contributed by atoms with Gasteiger partial charge in [-0.25, -0.2) is 0 Å². The lowest BCUT2D eigenvalue weighted by atomic mass is 9.86. The Hall–Kier alpha value is -0.120. The Morgan fingerprint density at radius 2 is 1.93 bits per heavy atom. The fourth-order valence-corrected chi connectivity index (χ4v) is 2.14. The van der Waals surface area contributed by atoms with Gasteiger partial charge in [0, 0.05) is 25.2 Å². The van der Waals surface area contributed by atoms with Crippen molar-refractivity contribution >= 4 is 0 Å². The van der Waals surface area contributed by atoms with E-state index in [0.29, 0.717) is 0 Å². The van der Waals surface area contributed by atoms with Gasteiger partial charge in [0.15, 0.2) is 0 Å². The predicted octanol–water partition coefficient (Wildman–Crippen LogP) is 1.61. The maximum absolute atomic E-state index is 6.18. The zero-order valence-electron chi connectivity index (χ0n) is 10.7. The molecule has 1 heterocycles. The van der Waals surface area contributed by atoms with E-state index in [1.807, 2.05) is 0 Å². The van der Waals surface area contributed by atoms with Crippen LogP contribution in [0.15, 0.2) is 0 Å². The normalized spacial score (nSPS) is 21.4. The van der Waals surface area contributed by atoms with Crippen molar-refractivity contribution in [3.8, 4) is 0 Å². The molecule has 1 saturated heterocycles. The maximum Gasteiger partial charge on any atom is 0.0600 e. The van der Waals surface area contributed by atoms with Crippen LogP contribution >= 0.6 is 0 Å². The van der Waals surface area contributed by atoms with Crippen LogP contribution in [0.4, 0.5) is 0 Å². The summed E-state index contributed by atoms with van der Waals surface area (Å²) in [6.45, 7) is 12.4. The summed E-state index contributed by atoms with van der Waals surface area (Å²) in [6.07, 6.45) is 2.33. The van der Waals surface area contributed by atoms with Gasteiger partial charge in [0.2, 0.25) is 0 Å². The topological polar surface area (TPSA) is 38.5 Å². The van der Waals surface area contributed by atoms with E-state index in [9.17, 15) is 0 Å². The van der Waals surface area contributed by atoms with Crippen LogP contribution in [-0.2, 0) is 4.74 Å². The molecule has 0 radical (unpaired) electrons. The molecule has 0 amide bonds. The molecule has 3 nitrogen and oxygen atoms in total. The molecule has 0 aliphatic carbocycles. The van der Waals surface area contributed by atoms with Crippen molar-refractivity contribution in [2.24, 2.45) is 5.73 Å². The molecule has 1 fully saturated rings. The van der Waals surface area contributed by atoms with Gasteiger partial charge in [0.25, 0.3) is 0 Å². The Balaban J connectivity index is 2.08. The largest absolute Gasteiger partial charge is 0.375 e. The smallest absolute Gasteiger partial charge is 0.0600 e. The molecule has 0 saturated carbocycles. The second-order valence-electron chi connectivity index (χ2n) is 5.78. The summed E-state index contributed by atoms with van der Waals surface area (Å²) < 4.78 is 5.68. The van der Waals surface area contributed by atoms with Gasteiger partial charge in [0.05, 0.1) is 12.2 Å². The summed E-state index contributed by atoms with van der Waals surface area (Å²) in [7, 11) is 0. The van der Waals surface area contributed by atoms with Crippen molar-refractivity contribution in [1.29, 1.82) is 0 Å². The molecule has 0 aromatic carbocycles. The quantitative estimate of drug-likeness (QED) is 0.755. The van der Waals surface area contributed by atoms with Crippen LogP contribution in [0.5, 0.6) is 0 Å². The molecular formula is C12H26N2O. The minimum atomic E-state index is -0.0198. The van der Waals surface area contributed by atoms with Gasteiger partial charge in [-0.3, -0.25) is 4.90 Å². The van der Waals surface area contributed by atoms with Crippen LogP contribution in [0.25, 0.3) is 0 Å².